The number of rotatable bonds is 6. The van der Waals surface area contributed by atoms with Crippen LogP contribution in [-0.4, -0.2) is 27.3 Å². The van der Waals surface area contributed by atoms with Crippen LogP contribution in [0.2, 0.25) is 0 Å². The first-order chi connectivity index (χ1) is 14.2. The van der Waals surface area contributed by atoms with Crippen molar-refractivity contribution in [2.75, 3.05) is 11.4 Å². The summed E-state index contributed by atoms with van der Waals surface area (Å²) in [6.07, 6.45) is -5.45. The van der Waals surface area contributed by atoms with Crippen molar-refractivity contribution in [2.24, 2.45) is 7.05 Å². The molecule has 3 rings (SSSR count). The number of hydrogen-bond donors (Lipinski definition) is 1. The quantitative estimate of drug-likeness (QED) is 0.658. The molecule has 0 saturated carbocycles. The summed E-state index contributed by atoms with van der Waals surface area (Å²) in [6, 6.07) is 15.1. The second-order valence-corrected chi connectivity index (χ2v) is 7.02. The fraction of sp³-hybridized carbons (Fsp3) is 0.273. The predicted molar refractivity (Wildman–Crippen MR) is 107 cm³/mol. The van der Waals surface area contributed by atoms with Crippen LogP contribution in [-0.2, 0) is 24.4 Å². The van der Waals surface area contributed by atoms with Crippen LogP contribution in [0.4, 0.5) is 19.0 Å². The summed E-state index contributed by atoms with van der Waals surface area (Å²) < 4.78 is 39.8. The topological polar surface area (TPSA) is 58.4 Å². The van der Waals surface area contributed by atoms with Gasteiger partial charge in [0.1, 0.15) is 5.82 Å². The Bertz CT molecular complexity index is 999. The van der Waals surface area contributed by atoms with Crippen LogP contribution in [0.3, 0.4) is 0 Å². The van der Waals surface area contributed by atoms with Gasteiger partial charge in [-0.3, -0.25) is 14.4 Å². The maximum atomic E-state index is 13.1. The van der Waals surface area contributed by atoms with E-state index in [4.69, 9.17) is 0 Å². The van der Waals surface area contributed by atoms with E-state index in [0.717, 1.165) is 12.1 Å². The molecule has 0 unspecified atom stereocenters. The molecule has 1 aromatic heterocycles. The van der Waals surface area contributed by atoms with Gasteiger partial charge < -0.3 is 5.11 Å². The third-order valence-corrected chi connectivity index (χ3v) is 4.77. The van der Waals surface area contributed by atoms with Gasteiger partial charge in [0.05, 0.1) is 11.3 Å². The highest BCUT2D eigenvalue weighted by Gasteiger charge is 2.30. The number of aliphatic hydroxyl groups is 1. The van der Waals surface area contributed by atoms with Crippen LogP contribution >= 0.6 is 0 Å². The van der Waals surface area contributed by atoms with Gasteiger partial charge in [-0.25, -0.2) is 0 Å². The Labute approximate surface area is 172 Å². The largest absolute Gasteiger partial charge is 0.416 e. The SMILES string of the molecule is Cc1cc(N(CCc2ccc(C(F)(F)F)cc2)C(=O)[C@@H](O)c2ccccc2)n(C)n1. The van der Waals surface area contributed by atoms with E-state index in [9.17, 15) is 23.1 Å². The summed E-state index contributed by atoms with van der Waals surface area (Å²) in [4.78, 5) is 14.5. The monoisotopic (exact) mass is 417 g/mol. The van der Waals surface area contributed by atoms with Crippen LogP contribution in [0.1, 0.15) is 28.5 Å². The van der Waals surface area contributed by atoms with Gasteiger partial charge in [-0.15, -0.1) is 0 Å². The second kappa shape index (κ2) is 8.71. The molecule has 1 amide bonds. The van der Waals surface area contributed by atoms with E-state index < -0.39 is 23.8 Å². The fourth-order valence-electron chi connectivity index (χ4n) is 3.21. The van der Waals surface area contributed by atoms with Crippen molar-refractivity contribution in [1.29, 1.82) is 0 Å². The molecule has 0 spiro atoms. The van der Waals surface area contributed by atoms with Gasteiger partial charge in [0.15, 0.2) is 6.10 Å². The molecule has 1 atom stereocenters. The van der Waals surface area contributed by atoms with Crippen molar-refractivity contribution < 1.29 is 23.1 Å². The molecule has 1 heterocycles. The average molecular weight is 417 g/mol. The van der Waals surface area contributed by atoms with Gasteiger partial charge in [0, 0.05) is 19.7 Å². The number of alkyl halides is 3. The van der Waals surface area contributed by atoms with Crippen molar-refractivity contribution in [2.45, 2.75) is 25.6 Å². The van der Waals surface area contributed by atoms with E-state index in [-0.39, 0.29) is 6.54 Å². The average Bonchev–Trinajstić information content (AvgIpc) is 3.05. The minimum atomic E-state index is -4.40. The van der Waals surface area contributed by atoms with Gasteiger partial charge in [-0.2, -0.15) is 18.3 Å². The first-order valence-electron chi connectivity index (χ1n) is 9.38. The molecule has 2 aromatic carbocycles. The van der Waals surface area contributed by atoms with Crippen LogP contribution in [0, 0.1) is 6.92 Å². The zero-order valence-corrected chi connectivity index (χ0v) is 16.6. The summed E-state index contributed by atoms with van der Waals surface area (Å²) in [5.41, 5.74) is 1.09. The zero-order chi connectivity index (χ0) is 21.9. The minimum absolute atomic E-state index is 0.174. The molecule has 0 aliphatic rings. The van der Waals surface area contributed by atoms with E-state index in [1.807, 2.05) is 0 Å². The molecule has 0 saturated heterocycles. The van der Waals surface area contributed by atoms with Crippen molar-refractivity contribution in [3.05, 3.63) is 83.0 Å². The third-order valence-electron chi connectivity index (χ3n) is 4.77. The zero-order valence-electron chi connectivity index (χ0n) is 16.6. The summed E-state index contributed by atoms with van der Waals surface area (Å²) in [5.74, 6) is -0.0319. The summed E-state index contributed by atoms with van der Waals surface area (Å²) in [7, 11) is 1.69. The summed E-state index contributed by atoms with van der Waals surface area (Å²) >= 11 is 0. The Balaban J connectivity index is 1.83. The van der Waals surface area contributed by atoms with E-state index in [0.29, 0.717) is 29.1 Å². The molecule has 5 nitrogen and oxygen atoms in total. The molecule has 0 bridgehead atoms. The minimum Gasteiger partial charge on any atom is -0.378 e. The molecular formula is C22H22F3N3O2. The Kier molecular flexibility index (Phi) is 6.26. The first-order valence-corrected chi connectivity index (χ1v) is 9.38. The number of anilines is 1. The molecule has 0 fully saturated rings. The number of benzene rings is 2. The highest BCUT2D eigenvalue weighted by atomic mass is 19.4. The van der Waals surface area contributed by atoms with E-state index in [1.165, 1.54) is 21.7 Å². The molecule has 0 aliphatic heterocycles. The molecule has 8 heteroatoms. The number of halogens is 3. The number of carbonyl (C=O) groups is 1. The van der Waals surface area contributed by atoms with Crippen LogP contribution in [0.25, 0.3) is 0 Å². The standard InChI is InChI=1S/C22H22F3N3O2/c1-15-14-19(27(2)26-15)28(21(30)20(29)17-6-4-3-5-7-17)13-12-16-8-10-18(11-9-16)22(23,24)25/h3-11,14,20,29H,12-13H2,1-2H3/t20-/m0/s1. The third kappa shape index (κ3) is 4.88. The molecule has 1 N–H and O–H groups in total. The predicted octanol–water partition coefficient (Wildman–Crippen LogP) is 4.06. The maximum absolute atomic E-state index is 13.1. The van der Waals surface area contributed by atoms with Crippen LogP contribution in [0.15, 0.2) is 60.7 Å². The van der Waals surface area contributed by atoms with Crippen LogP contribution in [0.5, 0.6) is 0 Å². The molecule has 0 aliphatic carbocycles. The van der Waals surface area contributed by atoms with Crippen molar-refractivity contribution in [3.63, 3.8) is 0 Å². The maximum Gasteiger partial charge on any atom is 0.416 e. The van der Waals surface area contributed by atoms with E-state index in [2.05, 4.69) is 5.10 Å². The van der Waals surface area contributed by atoms with Crippen LogP contribution < -0.4 is 4.90 Å². The number of carbonyl (C=O) groups excluding carboxylic acids is 1. The van der Waals surface area contributed by atoms with Crippen molar-refractivity contribution in [3.8, 4) is 0 Å². The summed E-state index contributed by atoms with van der Waals surface area (Å²) in [6.45, 7) is 1.96. The Morgan fingerprint density at radius 2 is 1.77 bits per heavy atom. The highest BCUT2D eigenvalue weighted by Crippen LogP contribution is 2.29. The second-order valence-electron chi connectivity index (χ2n) is 7.02. The molecule has 0 radical (unpaired) electrons. The lowest BCUT2D eigenvalue weighted by Gasteiger charge is -2.25. The molecular weight excluding hydrogens is 395 g/mol. The lowest BCUT2D eigenvalue weighted by molar-refractivity contribution is -0.137. The number of hydrogen-bond acceptors (Lipinski definition) is 3. The normalized spacial score (nSPS) is 12.6. The van der Waals surface area contributed by atoms with Gasteiger partial charge in [0.2, 0.25) is 0 Å². The lowest BCUT2D eigenvalue weighted by Crippen LogP contribution is -2.38. The number of aryl methyl sites for hydroxylation is 2. The van der Waals surface area contributed by atoms with E-state index >= 15 is 0 Å². The number of nitrogens with zero attached hydrogens (tertiary/aromatic N) is 3. The van der Waals surface area contributed by atoms with Crippen molar-refractivity contribution in [1.82, 2.24) is 9.78 Å². The smallest absolute Gasteiger partial charge is 0.378 e. The highest BCUT2D eigenvalue weighted by molar-refractivity contribution is 5.96. The van der Waals surface area contributed by atoms with Gasteiger partial charge >= 0.3 is 6.18 Å². The molecule has 30 heavy (non-hydrogen) atoms. The molecule has 3 aromatic rings. The molecule has 158 valence electrons. The van der Waals surface area contributed by atoms with Gasteiger partial charge in [-0.05, 0) is 36.6 Å². The van der Waals surface area contributed by atoms with Crippen molar-refractivity contribution >= 4 is 11.7 Å². The fourth-order valence-corrected chi connectivity index (χ4v) is 3.21. The Morgan fingerprint density at radius 1 is 1.13 bits per heavy atom. The number of amides is 1. The van der Waals surface area contributed by atoms with Gasteiger partial charge in [-0.1, -0.05) is 42.5 Å². The van der Waals surface area contributed by atoms with Gasteiger partial charge in [0.25, 0.3) is 5.91 Å². The Morgan fingerprint density at radius 3 is 2.30 bits per heavy atom. The lowest BCUT2D eigenvalue weighted by atomic mass is 10.1. The number of aromatic nitrogens is 2. The summed E-state index contributed by atoms with van der Waals surface area (Å²) in [5, 5.41) is 14.9. The number of aliphatic hydroxyl groups excluding tert-OH is 1. The van der Waals surface area contributed by atoms with E-state index in [1.54, 1.807) is 50.4 Å². The Hall–Kier alpha value is -3.13. The first kappa shape index (κ1) is 21.6.